The number of tetrazole rings is 1. The number of hydrogen-bond acceptors (Lipinski definition) is 9. The summed E-state index contributed by atoms with van der Waals surface area (Å²) in [6, 6.07) is 0. The number of fused-ring (bicyclic) bond motifs is 1. The minimum absolute atomic E-state index is 0.0545. The van der Waals surface area contributed by atoms with Crippen LogP contribution in [0.25, 0.3) is 0 Å². The van der Waals surface area contributed by atoms with E-state index >= 15 is 0 Å². The molecule has 12 heteroatoms. The maximum Gasteiger partial charge on any atom is 0.512 e. The van der Waals surface area contributed by atoms with Crippen molar-refractivity contribution in [2.75, 3.05) is 12.4 Å². The second-order valence-electron chi connectivity index (χ2n) is 4.79. The number of nitrogens with zero attached hydrogens (tertiary/aromatic N) is 5. The molecule has 2 aliphatic heterocycles. The molecule has 1 amide bonds. The lowest BCUT2D eigenvalue weighted by Gasteiger charge is -2.40. The Kier molecular flexibility index (Phi) is 4.46. The van der Waals surface area contributed by atoms with Crippen LogP contribution in [0.2, 0.25) is 0 Å². The second kappa shape index (κ2) is 6.37. The van der Waals surface area contributed by atoms with Crippen LogP contribution in [0.1, 0.15) is 6.42 Å². The van der Waals surface area contributed by atoms with Gasteiger partial charge >= 0.3 is 6.16 Å². The van der Waals surface area contributed by atoms with Gasteiger partial charge in [-0.3, -0.25) is 9.69 Å². The van der Waals surface area contributed by atoms with E-state index in [1.807, 2.05) is 0 Å². The molecule has 10 nitrogen and oxygen atoms in total. The van der Waals surface area contributed by atoms with Crippen molar-refractivity contribution in [3.05, 3.63) is 10.8 Å². The molecule has 2 aliphatic rings. The molecular formula is C11H13N5O5S2. The summed E-state index contributed by atoms with van der Waals surface area (Å²) in [5.41, 5.74) is 0. The molecule has 0 aromatic carbocycles. The summed E-state index contributed by atoms with van der Waals surface area (Å²) >= 11 is 2.77. The van der Waals surface area contributed by atoms with Gasteiger partial charge in [0.15, 0.2) is 0 Å². The van der Waals surface area contributed by atoms with Crippen molar-refractivity contribution in [1.29, 1.82) is 0 Å². The van der Waals surface area contributed by atoms with Gasteiger partial charge in [0.05, 0.1) is 12.5 Å². The standard InChI is InChI=1S/C11H13N5O5S2/c1-15-10(12-13-14-15)22-3-2-6-8(21-11(19)20)16-7(18)5(4-17)9(16)23-6/h5,9,17H,2-4H2,1H3,(H,19,20)/t5-,9+/m0/s1. The Morgan fingerprint density at radius 3 is 2.91 bits per heavy atom. The molecule has 0 saturated carbocycles. The fraction of sp³-hybridized carbons (Fsp3) is 0.545. The Labute approximate surface area is 138 Å². The summed E-state index contributed by atoms with van der Waals surface area (Å²) in [5, 5.41) is 29.5. The predicted molar refractivity (Wildman–Crippen MR) is 79.1 cm³/mol. The van der Waals surface area contributed by atoms with Gasteiger partial charge in [-0.1, -0.05) is 23.5 Å². The zero-order valence-electron chi connectivity index (χ0n) is 11.9. The minimum atomic E-state index is -1.47. The van der Waals surface area contributed by atoms with E-state index in [-0.39, 0.29) is 23.8 Å². The van der Waals surface area contributed by atoms with Crippen LogP contribution in [0.15, 0.2) is 15.9 Å². The van der Waals surface area contributed by atoms with Gasteiger partial charge in [-0.2, -0.15) is 0 Å². The number of aliphatic hydroxyl groups is 1. The van der Waals surface area contributed by atoms with E-state index in [1.54, 1.807) is 7.05 Å². The summed E-state index contributed by atoms with van der Waals surface area (Å²) < 4.78 is 6.31. The highest BCUT2D eigenvalue weighted by atomic mass is 32.2. The van der Waals surface area contributed by atoms with E-state index in [9.17, 15) is 14.7 Å². The van der Waals surface area contributed by atoms with Crippen LogP contribution in [0.5, 0.6) is 0 Å². The number of ether oxygens (including phenoxy) is 1. The van der Waals surface area contributed by atoms with Crippen LogP contribution >= 0.6 is 23.5 Å². The molecule has 3 rings (SSSR count). The van der Waals surface area contributed by atoms with Crippen molar-refractivity contribution < 1.29 is 24.5 Å². The highest BCUT2D eigenvalue weighted by Crippen LogP contribution is 2.50. The molecule has 0 bridgehead atoms. The normalized spacial score (nSPS) is 23.0. The first-order chi connectivity index (χ1) is 11.0. The van der Waals surface area contributed by atoms with Crippen molar-refractivity contribution in [2.45, 2.75) is 17.0 Å². The minimum Gasteiger partial charge on any atom is -0.449 e. The van der Waals surface area contributed by atoms with Crippen molar-refractivity contribution in [2.24, 2.45) is 13.0 Å². The molecule has 23 heavy (non-hydrogen) atoms. The zero-order valence-corrected chi connectivity index (χ0v) is 13.6. The quantitative estimate of drug-likeness (QED) is 0.409. The van der Waals surface area contributed by atoms with Crippen LogP contribution in [0.4, 0.5) is 4.79 Å². The van der Waals surface area contributed by atoms with Gasteiger partial charge in [-0.15, -0.1) is 5.10 Å². The number of thioether (sulfide) groups is 2. The maximum absolute atomic E-state index is 11.9. The number of hydrogen-bond donors (Lipinski definition) is 2. The Morgan fingerprint density at radius 2 is 2.30 bits per heavy atom. The molecule has 1 saturated heterocycles. The monoisotopic (exact) mass is 359 g/mol. The van der Waals surface area contributed by atoms with Crippen LogP contribution in [0, 0.1) is 5.92 Å². The molecule has 0 radical (unpaired) electrons. The molecule has 1 fully saturated rings. The lowest BCUT2D eigenvalue weighted by Crippen LogP contribution is -2.58. The van der Waals surface area contributed by atoms with E-state index in [0.717, 1.165) is 0 Å². The smallest absolute Gasteiger partial charge is 0.449 e. The topological polar surface area (TPSA) is 131 Å². The summed E-state index contributed by atoms with van der Waals surface area (Å²) in [6.45, 7) is -0.264. The van der Waals surface area contributed by atoms with Gasteiger partial charge < -0.3 is 14.9 Å². The Hall–Kier alpha value is -1.79. The van der Waals surface area contributed by atoms with E-state index < -0.39 is 12.1 Å². The number of carbonyl (C=O) groups is 2. The maximum atomic E-state index is 11.9. The van der Waals surface area contributed by atoms with E-state index in [1.165, 1.54) is 33.1 Å². The molecule has 2 atom stereocenters. The molecule has 1 aromatic heterocycles. The van der Waals surface area contributed by atoms with Crippen LogP contribution in [-0.4, -0.2) is 65.1 Å². The van der Waals surface area contributed by atoms with Crippen LogP contribution < -0.4 is 0 Å². The highest BCUT2D eigenvalue weighted by Gasteiger charge is 2.55. The third kappa shape index (κ3) is 2.88. The van der Waals surface area contributed by atoms with Gasteiger partial charge in [0.2, 0.25) is 16.9 Å². The fourth-order valence-corrected chi connectivity index (χ4v) is 4.67. The number of carboxylic acid groups (broad SMARTS) is 1. The van der Waals surface area contributed by atoms with Gasteiger partial charge in [-0.05, 0) is 16.8 Å². The SMILES string of the molecule is Cn1nnnc1SCCC1=C(OC(=O)O)N2C(=O)[C@H](CO)[C@H]2S1. The first-order valence-corrected chi connectivity index (χ1v) is 8.49. The summed E-state index contributed by atoms with van der Waals surface area (Å²) in [7, 11) is 1.72. The van der Waals surface area contributed by atoms with Gasteiger partial charge in [0.1, 0.15) is 5.37 Å². The zero-order chi connectivity index (χ0) is 16.6. The third-order valence-electron chi connectivity index (χ3n) is 3.40. The Balaban J connectivity index is 1.68. The number of β-lactam (4-membered cyclic amide) rings is 1. The second-order valence-corrected chi connectivity index (χ2v) is 7.06. The molecule has 0 aliphatic carbocycles. The molecule has 2 N–H and O–H groups in total. The number of carbonyl (C=O) groups excluding carboxylic acids is 1. The van der Waals surface area contributed by atoms with Crippen molar-refractivity contribution >= 4 is 35.6 Å². The lowest BCUT2D eigenvalue weighted by atomic mass is 10.00. The summed E-state index contributed by atoms with van der Waals surface area (Å²) in [4.78, 5) is 24.7. The molecule has 0 unspecified atom stereocenters. The number of allylic oxidation sites excluding steroid dienone is 1. The lowest BCUT2D eigenvalue weighted by molar-refractivity contribution is -0.151. The van der Waals surface area contributed by atoms with Crippen LogP contribution in [0.3, 0.4) is 0 Å². The highest BCUT2D eigenvalue weighted by molar-refractivity contribution is 8.04. The summed E-state index contributed by atoms with van der Waals surface area (Å²) in [5.74, 6) is -0.178. The number of aliphatic hydroxyl groups excluding tert-OH is 1. The van der Waals surface area contributed by atoms with Gasteiger partial charge in [0.25, 0.3) is 0 Å². The Bertz CT molecular complexity index is 678. The molecule has 0 spiro atoms. The third-order valence-corrected chi connectivity index (χ3v) is 5.85. The number of aryl methyl sites for hydroxylation is 1. The number of amides is 1. The van der Waals surface area contributed by atoms with Gasteiger partial charge in [0, 0.05) is 17.7 Å². The number of rotatable bonds is 6. The van der Waals surface area contributed by atoms with Crippen molar-refractivity contribution in [3.63, 3.8) is 0 Å². The van der Waals surface area contributed by atoms with Crippen molar-refractivity contribution in [1.82, 2.24) is 25.1 Å². The average Bonchev–Trinajstić information content (AvgIpc) is 3.02. The molecule has 3 heterocycles. The molecule has 1 aromatic rings. The fourth-order valence-electron chi connectivity index (χ4n) is 2.31. The molecular weight excluding hydrogens is 346 g/mol. The largest absolute Gasteiger partial charge is 0.512 e. The Morgan fingerprint density at radius 1 is 1.52 bits per heavy atom. The van der Waals surface area contributed by atoms with E-state index in [0.29, 0.717) is 22.2 Å². The molecule has 124 valence electrons. The van der Waals surface area contributed by atoms with E-state index in [4.69, 9.17) is 9.84 Å². The summed E-state index contributed by atoms with van der Waals surface area (Å²) in [6.07, 6.45) is -0.965. The van der Waals surface area contributed by atoms with Gasteiger partial charge in [-0.25, -0.2) is 9.48 Å². The first kappa shape index (κ1) is 16.1. The first-order valence-electron chi connectivity index (χ1n) is 6.62. The predicted octanol–water partition coefficient (Wildman–Crippen LogP) is 0.0796. The number of aromatic nitrogens is 4. The van der Waals surface area contributed by atoms with Crippen molar-refractivity contribution in [3.8, 4) is 0 Å². The average molecular weight is 359 g/mol. The van der Waals surface area contributed by atoms with E-state index in [2.05, 4.69) is 15.5 Å². The van der Waals surface area contributed by atoms with Crippen LogP contribution in [-0.2, 0) is 16.6 Å².